The Kier molecular flexibility index (Phi) is 4.33. The van der Waals surface area contributed by atoms with Gasteiger partial charge in [-0.25, -0.2) is 4.79 Å². The van der Waals surface area contributed by atoms with Crippen LogP contribution in [0.15, 0.2) is 24.3 Å². The topological polar surface area (TPSA) is 47.6 Å². The molecule has 20 heavy (non-hydrogen) atoms. The van der Waals surface area contributed by atoms with E-state index in [0.29, 0.717) is 6.61 Å². The number of rotatable bonds is 3. The average Bonchev–Trinajstić information content (AvgIpc) is 2.66. The molecule has 1 N–H and O–H groups in total. The van der Waals surface area contributed by atoms with E-state index >= 15 is 0 Å². The third-order valence-corrected chi connectivity index (χ3v) is 3.24. The number of carbonyl (C=O) groups excluding carboxylic acids is 1. The summed E-state index contributed by atoms with van der Waals surface area (Å²) in [6, 6.07) is 7.98. The van der Waals surface area contributed by atoms with Crippen molar-refractivity contribution in [3.05, 3.63) is 35.4 Å². The minimum Gasteiger partial charge on any atom is -0.444 e. The molecular weight excluding hydrogens is 254 g/mol. The van der Waals surface area contributed by atoms with Crippen LogP contribution in [0.5, 0.6) is 0 Å². The van der Waals surface area contributed by atoms with E-state index in [0.717, 1.165) is 12.0 Å². The van der Waals surface area contributed by atoms with Crippen molar-refractivity contribution < 1.29 is 14.3 Å². The summed E-state index contributed by atoms with van der Waals surface area (Å²) in [5, 5.41) is 2.94. The summed E-state index contributed by atoms with van der Waals surface area (Å²) < 4.78 is 11.1. The van der Waals surface area contributed by atoms with Crippen LogP contribution < -0.4 is 5.32 Å². The molecule has 1 amide bonds. The molecule has 0 heterocycles. The molecule has 0 bridgehead atoms. The fraction of sp³-hybridized carbons (Fsp3) is 0.562. The molecule has 110 valence electrons. The summed E-state index contributed by atoms with van der Waals surface area (Å²) >= 11 is 0. The highest BCUT2D eigenvalue weighted by Crippen LogP contribution is 2.33. The molecule has 0 spiro atoms. The number of amides is 1. The molecule has 0 fully saturated rings. The van der Waals surface area contributed by atoms with Gasteiger partial charge in [0.2, 0.25) is 0 Å². The zero-order valence-electron chi connectivity index (χ0n) is 12.6. The number of fused-ring (bicyclic) bond motifs is 1. The van der Waals surface area contributed by atoms with Gasteiger partial charge in [0, 0.05) is 13.0 Å². The molecule has 0 aromatic heterocycles. The van der Waals surface area contributed by atoms with E-state index in [1.807, 2.05) is 45.9 Å². The van der Waals surface area contributed by atoms with Crippen molar-refractivity contribution in [1.29, 1.82) is 0 Å². The fourth-order valence-electron chi connectivity index (χ4n) is 2.53. The smallest absolute Gasteiger partial charge is 0.408 e. The van der Waals surface area contributed by atoms with Crippen molar-refractivity contribution >= 4 is 6.09 Å². The van der Waals surface area contributed by atoms with Crippen molar-refractivity contribution in [2.45, 2.75) is 51.9 Å². The molecule has 0 saturated heterocycles. The van der Waals surface area contributed by atoms with Crippen LogP contribution in [-0.2, 0) is 15.9 Å². The van der Waals surface area contributed by atoms with Gasteiger partial charge in [-0.05, 0) is 38.8 Å². The molecule has 0 saturated carbocycles. The van der Waals surface area contributed by atoms with Crippen LogP contribution in [0.4, 0.5) is 4.79 Å². The van der Waals surface area contributed by atoms with Gasteiger partial charge in [-0.15, -0.1) is 0 Å². The molecule has 1 aromatic carbocycles. The van der Waals surface area contributed by atoms with Gasteiger partial charge in [-0.3, -0.25) is 0 Å². The molecule has 2 atom stereocenters. The average molecular weight is 277 g/mol. The minimum atomic E-state index is -0.497. The van der Waals surface area contributed by atoms with Gasteiger partial charge in [-0.1, -0.05) is 24.3 Å². The summed E-state index contributed by atoms with van der Waals surface area (Å²) in [6.45, 7) is 8.16. The van der Waals surface area contributed by atoms with E-state index in [1.165, 1.54) is 5.56 Å². The van der Waals surface area contributed by atoms with E-state index in [-0.39, 0.29) is 12.1 Å². The lowest BCUT2D eigenvalue weighted by Gasteiger charge is -2.25. The molecule has 2 rings (SSSR count). The maximum atomic E-state index is 12.0. The number of nitrogens with one attached hydrogen (secondary N) is 1. The lowest BCUT2D eigenvalue weighted by atomic mass is 10.1. The Labute approximate surface area is 120 Å². The van der Waals surface area contributed by atoms with Crippen LogP contribution in [0.25, 0.3) is 0 Å². The first-order chi connectivity index (χ1) is 9.40. The standard InChI is InChI=1S/C16H23NO3/c1-5-19-13-10-11-8-6-7-9-12(11)14(13)17-15(18)20-16(2,3)4/h6-9,13-14H,5,10H2,1-4H3,(H,17,18)/t13-,14-/m0/s1. The molecular formula is C16H23NO3. The normalized spacial score (nSPS) is 21.4. The van der Waals surface area contributed by atoms with E-state index in [9.17, 15) is 4.79 Å². The molecule has 4 heteroatoms. The van der Waals surface area contributed by atoms with E-state index in [1.54, 1.807) is 0 Å². The molecule has 0 radical (unpaired) electrons. The number of carbonyl (C=O) groups is 1. The maximum absolute atomic E-state index is 12.0. The summed E-state index contributed by atoms with van der Waals surface area (Å²) in [7, 11) is 0. The van der Waals surface area contributed by atoms with E-state index < -0.39 is 11.7 Å². The molecule has 0 aliphatic heterocycles. The van der Waals surface area contributed by atoms with E-state index in [4.69, 9.17) is 9.47 Å². The maximum Gasteiger partial charge on any atom is 0.408 e. The second-order valence-corrected chi connectivity index (χ2v) is 6.02. The Balaban J connectivity index is 2.12. The van der Waals surface area contributed by atoms with Crippen molar-refractivity contribution in [3.63, 3.8) is 0 Å². The van der Waals surface area contributed by atoms with Crippen LogP contribution in [-0.4, -0.2) is 24.4 Å². The van der Waals surface area contributed by atoms with Gasteiger partial charge in [0.1, 0.15) is 5.60 Å². The third kappa shape index (κ3) is 3.51. The largest absolute Gasteiger partial charge is 0.444 e. The molecule has 1 aliphatic rings. The number of ether oxygens (including phenoxy) is 2. The van der Waals surface area contributed by atoms with Gasteiger partial charge in [0.15, 0.2) is 0 Å². The summed E-state index contributed by atoms with van der Waals surface area (Å²) in [6.07, 6.45) is 0.402. The summed E-state index contributed by atoms with van der Waals surface area (Å²) in [5.74, 6) is 0. The van der Waals surface area contributed by atoms with Gasteiger partial charge in [0.25, 0.3) is 0 Å². The molecule has 1 aliphatic carbocycles. The highest BCUT2D eigenvalue weighted by molar-refractivity contribution is 5.69. The van der Waals surface area contributed by atoms with Crippen molar-refractivity contribution in [1.82, 2.24) is 5.32 Å². The Morgan fingerprint density at radius 1 is 1.35 bits per heavy atom. The first kappa shape index (κ1) is 14.9. The molecule has 1 aromatic rings. The highest BCUT2D eigenvalue weighted by Gasteiger charge is 2.34. The number of hydrogen-bond donors (Lipinski definition) is 1. The van der Waals surface area contributed by atoms with Gasteiger partial charge >= 0.3 is 6.09 Å². The predicted molar refractivity (Wildman–Crippen MR) is 77.7 cm³/mol. The fourth-order valence-corrected chi connectivity index (χ4v) is 2.53. The van der Waals surface area contributed by atoms with Gasteiger partial charge in [0.05, 0.1) is 12.1 Å². The first-order valence-corrected chi connectivity index (χ1v) is 7.09. The lowest BCUT2D eigenvalue weighted by molar-refractivity contribution is 0.0245. The second-order valence-electron chi connectivity index (χ2n) is 6.02. The lowest BCUT2D eigenvalue weighted by Crippen LogP contribution is -2.39. The number of benzene rings is 1. The van der Waals surface area contributed by atoms with Crippen LogP contribution >= 0.6 is 0 Å². The zero-order valence-corrected chi connectivity index (χ0v) is 12.6. The Bertz CT molecular complexity index is 479. The zero-order chi connectivity index (χ0) is 14.8. The molecule has 4 nitrogen and oxygen atoms in total. The monoisotopic (exact) mass is 277 g/mol. The first-order valence-electron chi connectivity index (χ1n) is 7.09. The third-order valence-electron chi connectivity index (χ3n) is 3.24. The van der Waals surface area contributed by atoms with Crippen molar-refractivity contribution in [3.8, 4) is 0 Å². The highest BCUT2D eigenvalue weighted by atomic mass is 16.6. The van der Waals surface area contributed by atoms with Crippen LogP contribution in [0.1, 0.15) is 44.9 Å². The van der Waals surface area contributed by atoms with Crippen molar-refractivity contribution in [2.75, 3.05) is 6.61 Å². The van der Waals surface area contributed by atoms with E-state index in [2.05, 4.69) is 11.4 Å². The summed E-state index contributed by atoms with van der Waals surface area (Å²) in [5.41, 5.74) is 1.85. The quantitative estimate of drug-likeness (QED) is 0.923. The SMILES string of the molecule is CCO[C@H]1Cc2ccccc2[C@@H]1NC(=O)OC(C)(C)C. The predicted octanol–water partition coefficient (Wildman–Crippen LogP) is 3.21. The van der Waals surface area contributed by atoms with Crippen LogP contribution in [0.3, 0.4) is 0 Å². The minimum absolute atomic E-state index is 0.0232. The number of hydrogen-bond acceptors (Lipinski definition) is 3. The van der Waals surface area contributed by atoms with Crippen LogP contribution in [0, 0.1) is 0 Å². The Morgan fingerprint density at radius 3 is 2.70 bits per heavy atom. The van der Waals surface area contributed by atoms with Gasteiger partial charge < -0.3 is 14.8 Å². The summed E-state index contributed by atoms with van der Waals surface area (Å²) in [4.78, 5) is 12.0. The van der Waals surface area contributed by atoms with Gasteiger partial charge in [-0.2, -0.15) is 0 Å². The second kappa shape index (κ2) is 5.83. The number of alkyl carbamates (subject to hydrolysis) is 1. The Morgan fingerprint density at radius 2 is 2.05 bits per heavy atom. The molecule has 0 unspecified atom stereocenters. The van der Waals surface area contributed by atoms with Crippen molar-refractivity contribution in [2.24, 2.45) is 0 Å². The Hall–Kier alpha value is -1.55. The van der Waals surface area contributed by atoms with Crippen LogP contribution in [0.2, 0.25) is 0 Å².